The minimum atomic E-state index is -0.407. The van der Waals surface area contributed by atoms with Crippen LogP contribution in [-0.4, -0.2) is 18.4 Å². The molecule has 3 rings (SSSR count). The first kappa shape index (κ1) is 12.7. The summed E-state index contributed by atoms with van der Waals surface area (Å²) >= 11 is 4.99. The lowest BCUT2D eigenvalue weighted by molar-refractivity contribution is -0.124. The molecular weight excluding hydrogens is 326 g/mol. The number of anilines is 1. The molecule has 1 aromatic heterocycles. The second-order valence-corrected chi connectivity index (χ2v) is 6.88. The minimum Gasteiger partial charge on any atom is -0.479 e. The molecule has 1 aliphatic heterocycles. The Hall–Kier alpha value is -1.33. The fourth-order valence-electron chi connectivity index (χ4n) is 2.02. The highest BCUT2D eigenvalue weighted by atomic mass is 79.9. The molecule has 0 saturated heterocycles. The van der Waals surface area contributed by atoms with Gasteiger partial charge in [-0.05, 0) is 40.2 Å². The highest BCUT2D eigenvalue weighted by molar-refractivity contribution is 9.11. The van der Waals surface area contributed by atoms with Gasteiger partial charge in [0.25, 0.3) is 0 Å². The van der Waals surface area contributed by atoms with Crippen LogP contribution in [0, 0.1) is 0 Å². The van der Waals surface area contributed by atoms with Crippen molar-refractivity contribution in [3.05, 3.63) is 45.1 Å². The molecular formula is C14H12BrNO2S. The Bertz CT molecular complexity index is 611. The molecule has 0 amide bonds. The molecule has 0 radical (unpaired) electrons. The first-order valence-electron chi connectivity index (χ1n) is 5.99. The van der Waals surface area contributed by atoms with Gasteiger partial charge >= 0.3 is 0 Å². The van der Waals surface area contributed by atoms with Crippen LogP contribution in [0.25, 0.3) is 0 Å². The van der Waals surface area contributed by atoms with Crippen molar-refractivity contribution in [3.63, 3.8) is 0 Å². The van der Waals surface area contributed by atoms with E-state index in [0.717, 1.165) is 20.1 Å². The van der Waals surface area contributed by atoms with Crippen LogP contribution in [0.4, 0.5) is 5.69 Å². The van der Waals surface area contributed by atoms with Gasteiger partial charge in [0, 0.05) is 11.3 Å². The maximum absolute atomic E-state index is 12.2. The third-order valence-electron chi connectivity index (χ3n) is 2.97. The van der Waals surface area contributed by atoms with Gasteiger partial charge in [-0.25, -0.2) is 0 Å². The second-order valence-electron chi connectivity index (χ2n) is 4.33. The Morgan fingerprint density at radius 3 is 3.00 bits per heavy atom. The number of para-hydroxylation sites is 2. The molecule has 1 aromatic carbocycles. The van der Waals surface area contributed by atoms with Gasteiger partial charge in [-0.3, -0.25) is 4.79 Å². The van der Waals surface area contributed by atoms with Crippen LogP contribution in [0.5, 0.6) is 5.75 Å². The molecule has 2 aromatic rings. The van der Waals surface area contributed by atoms with E-state index in [-0.39, 0.29) is 5.78 Å². The molecule has 0 bridgehead atoms. The molecule has 0 spiro atoms. The highest BCUT2D eigenvalue weighted by Crippen LogP contribution is 2.29. The summed E-state index contributed by atoms with van der Waals surface area (Å²) in [5.41, 5.74) is 0.949. The van der Waals surface area contributed by atoms with Crippen molar-refractivity contribution >= 4 is 38.7 Å². The number of ketones is 1. The summed E-state index contributed by atoms with van der Waals surface area (Å²) in [6.45, 7) is 0.530. The van der Waals surface area contributed by atoms with Crippen LogP contribution in [0.2, 0.25) is 0 Å². The van der Waals surface area contributed by atoms with Crippen molar-refractivity contribution in [2.75, 3.05) is 11.9 Å². The normalized spacial score (nSPS) is 17.2. The topological polar surface area (TPSA) is 38.3 Å². The number of nitrogens with one attached hydrogen (secondary N) is 1. The fraction of sp³-hybridized carbons (Fsp3) is 0.214. The number of fused-ring (bicyclic) bond motifs is 1. The van der Waals surface area contributed by atoms with Gasteiger partial charge in [-0.1, -0.05) is 12.1 Å². The largest absolute Gasteiger partial charge is 0.479 e. The quantitative estimate of drug-likeness (QED) is 0.931. The maximum atomic E-state index is 12.2. The molecule has 0 saturated carbocycles. The van der Waals surface area contributed by atoms with E-state index in [0.29, 0.717) is 13.0 Å². The van der Waals surface area contributed by atoms with Crippen LogP contribution >= 0.6 is 27.3 Å². The lowest BCUT2D eigenvalue weighted by atomic mass is 10.1. The van der Waals surface area contributed by atoms with Gasteiger partial charge in [0.1, 0.15) is 5.75 Å². The van der Waals surface area contributed by atoms with E-state index < -0.39 is 6.10 Å². The van der Waals surface area contributed by atoms with Crippen molar-refractivity contribution in [3.8, 4) is 5.75 Å². The lowest BCUT2D eigenvalue weighted by Crippen LogP contribution is -2.38. The average Bonchev–Trinajstić information content (AvgIpc) is 2.83. The number of carbonyl (C=O) groups excluding carboxylic acids is 1. The Morgan fingerprint density at radius 1 is 1.37 bits per heavy atom. The summed E-state index contributed by atoms with van der Waals surface area (Å²) in [5.74, 6) is 0.857. The zero-order valence-electron chi connectivity index (χ0n) is 10.1. The van der Waals surface area contributed by atoms with Crippen molar-refractivity contribution < 1.29 is 9.53 Å². The third kappa shape index (κ3) is 2.82. The average molecular weight is 338 g/mol. The number of Topliss-reactive ketones (excluding diaryl/α,β-unsaturated/α-hetero) is 1. The van der Waals surface area contributed by atoms with E-state index in [1.165, 1.54) is 0 Å². The standard InChI is InChI=1S/C14H12BrNO2S/c15-14-6-5-9(19-14)7-11(17)13-8-16-10-3-1-2-4-12(10)18-13/h1-6,13,16H,7-8H2. The minimum absolute atomic E-state index is 0.108. The van der Waals surface area contributed by atoms with E-state index >= 15 is 0 Å². The molecule has 1 N–H and O–H groups in total. The first-order chi connectivity index (χ1) is 9.22. The van der Waals surface area contributed by atoms with Gasteiger partial charge in [0.15, 0.2) is 11.9 Å². The molecule has 2 heterocycles. The number of hydrogen-bond acceptors (Lipinski definition) is 4. The Balaban J connectivity index is 1.69. The van der Waals surface area contributed by atoms with E-state index in [2.05, 4.69) is 21.2 Å². The van der Waals surface area contributed by atoms with Gasteiger partial charge in [0.05, 0.1) is 16.0 Å². The fourth-order valence-corrected chi connectivity index (χ4v) is 3.52. The summed E-state index contributed by atoms with van der Waals surface area (Å²) in [5, 5.41) is 3.23. The molecule has 0 fully saturated rings. The predicted molar refractivity (Wildman–Crippen MR) is 80.1 cm³/mol. The molecule has 3 nitrogen and oxygen atoms in total. The van der Waals surface area contributed by atoms with Crippen LogP contribution in [0.3, 0.4) is 0 Å². The first-order valence-corrected chi connectivity index (χ1v) is 7.60. The molecule has 19 heavy (non-hydrogen) atoms. The van der Waals surface area contributed by atoms with Gasteiger partial charge < -0.3 is 10.1 Å². The monoisotopic (exact) mass is 337 g/mol. The summed E-state index contributed by atoms with van der Waals surface area (Å²) in [6, 6.07) is 11.6. The summed E-state index contributed by atoms with van der Waals surface area (Å²) < 4.78 is 6.80. The number of rotatable bonds is 3. The van der Waals surface area contributed by atoms with Crippen LogP contribution in [0.15, 0.2) is 40.2 Å². The second kappa shape index (κ2) is 5.35. The number of hydrogen-bond donors (Lipinski definition) is 1. The SMILES string of the molecule is O=C(Cc1ccc(Br)s1)C1CNc2ccccc2O1. The number of benzene rings is 1. The highest BCUT2D eigenvalue weighted by Gasteiger charge is 2.25. The Labute approximate surface area is 123 Å². The number of carbonyl (C=O) groups is 1. The summed E-state index contributed by atoms with van der Waals surface area (Å²) in [4.78, 5) is 13.3. The number of thiophene rings is 1. The third-order valence-corrected chi connectivity index (χ3v) is 4.59. The zero-order valence-corrected chi connectivity index (χ0v) is 12.5. The smallest absolute Gasteiger partial charge is 0.180 e. The van der Waals surface area contributed by atoms with Crippen molar-refractivity contribution in [1.29, 1.82) is 0 Å². The van der Waals surface area contributed by atoms with Crippen LogP contribution < -0.4 is 10.1 Å². The van der Waals surface area contributed by atoms with Gasteiger partial charge in [-0.2, -0.15) is 0 Å². The van der Waals surface area contributed by atoms with Crippen molar-refractivity contribution in [2.24, 2.45) is 0 Å². The summed E-state index contributed by atoms with van der Waals surface area (Å²) in [7, 11) is 0. The number of ether oxygens (including phenoxy) is 1. The van der Waals surface area contributed by atoms with E-state index in [9.17, 15) is 4.79 Å². The van der Waals surface area contributed by atoms with Crippen LogP contribution in [-0.2, 0) is 11.2 Å². The molecule has 1 unspecified atom stereocenters. The van der Waals surface area contributed by atoms with E-state index in [1.807, 2.05) is 36.4 Å². The number of halogens is 1. The van der Waals surface area contributed by atoms with Gasteiger partial charge in [-0.15, -0.1) is 11.3 Å². The molecule has 0 aliphatic carbocycles. The Kier molecular flexibility index (Phi) is 3.57. The van der Waals surface area contributed by atoms with E-state index in [4.69, 9.17) is 4.74 Å². The summed E-state index contributed by atoms with van der Waals surface area (Å²) in [6.07, 6.45) is 0.0147. The molecule has 1 aliphatic rings. The van der Waals surface area contributed by atoms with Crippen molar-refractivity contribution in [2.45, 2.75) is 12.5 Å². The van der Waals surface area contributed by atoms with Crippen molar-refractivity contribution in [1.82, 2.24) is 0 Å². The van der Waals surface area contributed by atoms with Crippen LogP contribution in [0.1, 0.15) is 4.88 Å². The zero-order chi connectivity index (χ0) is 13.2. The maximum Gasteiger partial charge on any atom is 0.180 e. The molecule has 5 heteroatoms. The van der Waals surface area contributed by atoms with Gasteiger partial charge in [0.2, 0.25) is 0 Å². The van der Waals surface area contributed by atoms with E-state index in [1.54, 1.807) is 11.3 Å². The molecule has 1 atom stereocenters. The lowest BCUT2D eigenvalue weighted by Gasteiger charge is -2.26. The molecule has 98 valence electrons. The Morgan fingerprint density at radius 2 is 2.21 bits per heavy atom. The predicted octanol–water partition coefficient (Wildman–Crippen LogP) is 3.50.